The third kappa shape index (κ3) is 9.58. The topological polar surface area (TPSA) is 56.8 Å². The Morgan fingerprint density at radius 1 is 0.725 bits per heavy atom. The summed E-state index contributed by atoms with van der Waals surface area (Å²) in [5, 5.41) is 0. The molecular formula is C42H39F3N4O2. The standard InChI is InChI=1S/C42H39F3N4O2/c43-42(44,45)38-20-15-32(16-21-38)17-22-40(50)49(31-35-13-18-36(19-14-35)37-12-7-23-46-29-37)39(28-33-8-3-1-4-9-33)41(51)48-26-24-47(25-27-48)30-34-10-5-2-6-11-34/h1-23,29,39H,24-28,30-31H2/b22-17+/t39-/m0/s1. The molecule has 0 bridgehead atoms. The minimum atomic E-state index is -4.46. The zero-order chi connectivity index (χ0) is 35.6. The molecule has 0 radical (unpaired) electrons. The summed E-state index contributed by atoms with van der Waals surface area (Å²) >= 11 is 0. The molecule has 260 valence electrons. The molecule has 1 aliphatic heterocycles. The number of nitrogens with zero attached hydrogens (tertiary/aromatic N) is 4. The maximum absolute atomic E-state index is 14.5. The van der Waals surface area contributed by atoms with Gasteiger partial charge in [0, 0.05) is 64.2 Å². The van der Waals surface area contributed by atoms with Crippen LogP contribution in [0.4, 0.5) is 13.2 Å². The van der Waals surface area contributed by atoms with E-state index < -0.39 is 23.7 Å². The number of carbonyl (C=O) groups excluding carboxylic acids is 2. The molecule has 0 N–H and O–H groups in total. The third-order valence-corrected chi connectivity index (χ3v) is 9.11. The summed E-state index contributed by atoms with van der Waals surface area (Å²) in [5.74, 6) is -0.551. The highest BCUT2D eigenvalue weighted by molar-refractivity contribution is 5.95. The number of alkyl halides is 3. The summed E-state index contributed by atoms with van der Waals surface area (Å²) < 4.78 is 39.5. The van der Waals surface area contributed by atoms with Crippen LogP contribution in [-0.2, 0) is 35.3 Å². The first-order valence-corrected chi connectivity index (χ1v) is 17.0. The molecule has 1 fully saturated rings. The van der Waals surface area contributed by atoms with Crippen LogP contribution < -0.4 is 0 Å². The predicted octanol–water partition coefficient (Wildman–Crippen LogP) is 7.77. The van der Waals surface area contributed by atoms with Gasteiger partial charge in [-0.3, -0.25) is 19.5 Å². The number of rotatable bonds is 11. The van der Waals surface area contributed by atoms with Crippen molar-refractivity contribution in [2.24, 2.45) is 0 Å². The van der Waals surface area contributed by atoms with Crippen molar-refractivity contribution in [3.63, 3.8) is 0 Å². The van der Waals surface area contributed by atoms with Gasteiger partial charge in [0.2, 0.25) is 11.8 Å². The van der Waals surface area contributed by atoms with E-state index in [1.54, 1.807) is 17.3 Å². The van der Waals surface area contributed by atoms with Crippen molar-refractivity contribution in [3.8, 4) is 11.1 Å². The van der Waals surface area contributed by atoms with Crippen molar-refractivity contribution in [2.75, 3.05) is 26.2 Å². The number of hydrogen-bond acceptors (Lipinski definition) is 4. The average molecular weight is 689 g/mol. The number of benzene rings is 4. The lowest BCUT2D eigenvalue weighted by atomic mass is 10.0. The molecule has 6 nitrogen and oxygen atoms in total. The van der Waals surface area contributed by atoms with Gasteiger partial charge in [0.1, 0.15) is 6.04 Å². The van der Waals surface area contributed by atoms with Gasteiger partial charge in [0.05, 0.1) is 5.56 Å². The largest absolute Gasteiger partial charge is 0.416 e. The Hall–Kier alpha value is -5.54. The molecule has 0 saturated carbocycles. The Morgan fingerprint density at radius 3 is 1.98 bits per heavy atom. The predicted molar refractivity (Wildman–Crippen MR) is 193 cm³/mol. The number of piperazine rings is 1. The Kier molecular flexibility index (Phi) is 11.4. The lowest BCUT2D eigenvalue weighted by Crippen LogP contribution is -2.56. The molecule has 1 aliphatic rings. The number of hydrogen-bond donors (Lipinski definition) is 0. The summed E-state index contributed by atoms with van der Waals surface area (Å²) in [6.07, 6.45) is 2.18. The Balaban J connectivity index is 1.28. The Morgan fingerprint density at radius 2 is 1.37 bits per heavy atom. The summed E-state index contributed by atoms with van der Waals surface area (Å²) in [6.45, 7) is 3.42. The molecule has 1 atom stereocenters. The first-order chi connectivity index (χ1) is 24.7. The van der Waals surface area contributed by atoms with Crippen LogP contribution in [0.1, 0.15) is 27.8 Å². The van der Waals surface area contributed by atoms with Gasteiger partial charge in [-0.2, -0.15) is 13.2 Å². The lowest BCUT2D eigenvalue weighted by Gasteiger charge is -2.39. The molecule has 5 aromatic rings. The van der Waals surface area contributed by atoms with Gasteiger partial charge in [-0.15, -0.1) is 0 Å². The summed E-state index contributed by atoms with van der Waals surface area (Å²) in [4.78, 5) is 38.7. The van der Waals surface area contributed by atoms with Crippen LogP contribution in [0.2, 0.25) is 0 Å². The highest BCUT2D eigenvalue weighted by atomic mass is 19.4. The normalized spacial score (nSPS) is 14.4. The smallest absolute Gasteiger partial charge is 0.338 e. The van der Waals surface area contributed by atoms with Crippen LogP contribution in [0.5, 0.6) is 0 Å². The molecule has 2 heterocycles. The zero-order valence-electron chi connectivity index (χ0n) is 28.1. The van der Waals surface area contributed by atoms with Crippen LogP contribution >= 0.6 is 0 Å². The van der Waals surface area contributed by atoms with Gasteiger partial charge in [0.15, 0.2) is 0 Å². The molecule has 2 amide bonds. The average Bonchev–Trinajstić information content (AvgIpc) is 3.16. The Bertz CT molecular complexity index is 1890. The summed E-state index contributed by atoms with van der Waals surface area (Å²) in [7, 11) is 0. The van der Waals surface area contributed by atoms with E-state index in [0.29, 0.717) is 38.2 Å². The highest BCUT2D eigenvalue weighted by Crippen LogP contribution is 2.29. The number of halogens is 3. The molecule has 51 heavy (non-hydrogen) atoms. The van der Waals surface area contributed by atoms with Crippen molar-refractivity contribution < 1.29 is 22.8 Å². The van der Waals surface area contributed by atoms with Gasteiger partial charge in [-0.25, -0.2) is 0 Å². The SMILES string of the molecule is O=C([C@H](Cc1ccccc1)N(Cc1ccc(-c2cccnc2)cc1)C(=O)/C=C/c1ccc(C(F)(F)F)cc1)N1CCN(Cc2ccccc2)CC1. The van der Waals surface area contributed by atoms with E-state index in [2.05, 4.69) is 22.0 Å². The molecule has 0 unspecified atom stereocenters. The molecule has 9 heteroatoms. The fourth-order valence-corrected chi connectivity index (χ4v) is 6.27. The van der Waals surface area contributed by atoms with E-state index in [-0.39, 0.29) is 12.5 Å². The maximum Gasteiger partial charge on any atom is 0.416 e. The number of carbonyl (C=O) groups is 2. The number of aromatic nitrogens is 1. The van der Waals surface area contributed by atoms with Crippen molar-refractivity contribution in [1.82, 2.24) is 19.7 Å². The molecule has 0 aliphatic carbocycles. The highest BCUT2D eigenvalue weighted by Gasteiger charge is 2.34. The fourth-order valence-electron chi connectivity index (χ4n) is 6.27. The van der Waals surface area contributed by atoms with E-state index in [0.717, 1.165) is 40.9 Å². The minimum absolute atomic E-state index is 0.138. The molecule has 0 spiro atoms. The second-order valence-corrected chi connectivity index (χ2v) is 12.7. The van der Waals surface area contributed by atoms with Gasteiger partial charge in [-0.1, -0.05) is 103 Å². The lowest BCUT2D eigenvalue weighted by molar-refractivity contribution is -0.145. The van der Waals surface area contributed by atoms with Crippen molar-refractivity contribution in [1.29, 1.82) is 0 Å². The van der Waals surface area contributed by atoms with Crippen LogP contribution in [0.15, 0.2) is 140 Å². The molecular weight excluding hydrogens is 649 g/mol. The fraction of sp³-hybridized carbons (Fsp3) is 0.214. The summed E-state index contributed by atoms with van der Waals surface area (Å²) in [5.41, 5.74) is 4.56. The third-order valence-electron chi connectivity index (χ3n) is 9.11. The molecule has 1 saturated heterocycles. The number of amides is 2. The van der Waals surface area contributed by atoms with Gasteiger partial charge >= 0.3 is 6.18 Å². The Labute approximate surface area is 296 Å². The second-order valence-electron chi connectivity index (χ2n) is 12.7. The zero-order valence-corrected chi connectivity index (χ0v) is 28.1. The van der Waals surface area contributed by atoms with Crippen LogP contribution in [0.25, 0.3) is 17.2 Å². The van der Waals surface area contributed by atoms with Crippen LogP contribution in [0, 0.1) is 0 Å². The van der Waals surface area contributed by atoms with E-state index in [1.165, 1.54) is 29.8 Å². The monoisotopic (exact) mass is 688 g/mol. The van der Waals surface area contributed by atoms with Crippen LogP contribution in [0.3, 0.4) is 0 Å². The van der Waals surface area contributed by atoms with Crippen molar-refractivity contribution in [3.05, 3.63) is 168 Å². The van der Waals surface area contributed by atoms with Gasteiger partial charge in [0.25, 0.3) is 0 Å². The molecule has 1 aromatic heterocycles. The van der Waals surface area contributed by atoms with E-state index >= 15 is 0 Å². The molecule has 4 aromatic carbocycles. The minimum Gasteiger partial charge on any atom is -0.338 e. The van der Waals surface area contributed by atoms with Gasteiger partial charge in [-0.05, 0) is 57.7 Å². The quantitative estimate of drug-likeness (QED) is 0.133. The summed E-state index contributed by atoms with van der Waals surface area (Å²) in [6, 6.07) is 35.3. The van der Waals surface area contributed by atoms with Gasteiger partial charge < -0.3 is 9.80 Å². The number of pyridine rings is 1. The molecule has 6 rings (SSSR count). The van der Waals surface area contributed by atoms with Crippen molar-refractivity contribution in [2.45, 2.75) is 31.7 Å². The second kappa shape index (κ2) is 16.4. The van der Waals surface area contributed by atoms with Crippen LogP contribution in [-0.4, -0.2) is 63.7 Å². The first-order valence-electron chi connectivity index (χ1n) is 17.0. The van der Waals surface area contributed by atoms with E-state index in [1.807, 2.05) is 89.8 Å². The first kappa shape index (κ1) is 35.3. The van der Waals surface area contributed by atoms with E-state index in [4.69, 9.17) is 0 Å². The maximum atomic E-state index is 14.5. The van der Waals surface area contributed by atoms with Crippen molar-refractivity contribution >= 4 is 17.9 Å². The van der Waals surface area contributed by atoms with E-state index in [9.17, 15) is 22.8 Å².